The maximum absolute atomic E-state index is 12.9. The first-order chi connectivity index (χ1) is 15.0. The van der Waals surface area contributed by atoms with Crippen molar-refractivity contribution in [1.29, 1.82) is 0 Å². The summed E-state index contributed by atoms with van der Waals surface area (Å²) in [6, 6.07) is 19.7. The molecular formula is C22H22N4O3S2. The second-order valence-electron chi connectivity index (χ2n) is 6.99. The van der Waals surface area contributed by atoms with Crippen molar-refractivity contribution in [1.82, 2.24) is 19.9 Å². The number of aryl methyl sites for hydroxylation is 1. The monoisotopic (exact) mass is 454 g/mol. The highest BCUT2D eigenvalue weighted by atomic mass is 32.2. The van der Waals surface area contributed by atoms with Gasteiger partial charge < -0.3 is 9.40 Å². The molecule has 2 heterocycles. The standard InChI is InChI=1S/C22H22N4O3S2/c1-16-9-11-18(12-10-16)31(27,28)26-19(17-6-3-2-4-7-17)13-15-30-22-25-24-21(29-22)20-8-5-14-23-20/h2-12,14,19,23,26H,13,15H2,1H3/t19-/m1/s1. The molecule has 160 valence electrons. The van der Waals surface area contributed by atoms with Gasteiger partial charge in [-0.05, 0) is 43.2 Å². The summed E-state index contributed by atoms with van der Waals surface area (Å²) in [7, 11) is -3.66. The largest absolute Gasteiger partial charge is 0.410 e. The molecule has 2 aromatic heterocycles. The van der Waals surface area contributed by atoms with E-state index in [1.807, 2.05) is 49.4 Å². The Balaban J connectivity index is 1.45. The number of thioether (sulfide) groups is 1. The van der Waals surface area contributed by atoms with E-state index in [4.69, 9.17) is 4.42 Å². The van der Waals surface area contributed by atoms with Gasteiger partial charge in [-0.25, -0.2) is 13.1 Å². The molecule has 4 rings (SSSR count). The number of nitrogens with one attached hydrogen (secondary N) is 2. The van der Waals surface area contributed by atoms with Crippen molar-refractivity contribution in [3.05, 3.63) is 84.1 Å². The van der Waals surface area contributed by atoms with Crippen molar-refractivity contribution >= 4 is 21.8 Å². The smallest absolute Gasteiger partial charge is 0.276 e. The Bertz CT molecular complexity index is 1210. The van der Waals surface area contributed by atoms with Crippen LogP contribution in [0.5, 0.6) is 0 Å². The number of rotatable bonds is 9. The molecule has 0 radical (unpaired) electrons. The number of benzene rings is 2. The van der Waals surface area contributed by atoms with E-state index in [1.54, 1.807) is 30.5 Å². The topological polar surface area (TPSA) is 101 Å². The molecule has 0 spiro atoms. The summed E-state index contributed by atoms with van der Waals surface area (Å²) in [5, 5.41) is 8.54. The first kappa shape index (κ1) is 21.4. The Morgan fingerprint density at radius 3 is 2.52 bits per heavy atom. The molecule has 0 aliphatic rings. The normalized spacial score (nSPS) is 12.7. The van der Waals surface area contributed by atoms with Crippen LogP contribution in [0.3, 0.4) is 0 Å². The van der Waals surface area contributed by atoms with Crippen molar-refractivity contribution in [2.24, 2.45) is 0 Å². The zero-order valence-corrected chi connectivity index (χ0v) is 18.5. The third-order valence-corrected chi connectivity index (χ3v) is 7.04. The summed E-state index contributed by atoms with van der Waals surface area (Å²) in [6.45, 7) is 1.92. The molecule has 2 aromatic carbocycles. The highest BCUT2D eigenvalue weighted by Gasteiger charge is 2.22. The second kappa shape index (κ2) is 9.51. The number of sulfonamides is 1. The highest BCUT2D eigenvalue weighted by molar-refractivity contribution is 7.99. The number of nitrogens with zero attached hydrogens (tertiary/aromatic N) is 2. The average Bonchev–Trinajstić information content (AvgIpc) is 3.46. The fourth-order valence-electron chi connectivity index (χ4n) is 3.06. The van der Waals surface area contributed by atoms with Crippen molar-refractivity contribution < 1.29 is 12.8 Å². The van der Waals surface area contributed by atoms with Crippen molar-refractivity contribution in [2.75, 3.05) is 5.75 Å². The van der Waals surface area contributed by atoms with Crippen LogP contribution < -0.4 is 4.72 Å². The van der Waals surface area contributed by atoms with E-state index < -0.39 is 10.0 Å². The quantitative estimate of drug-likeness (QED) is 0.359. The van der Waals surface area contributed by atoms with Crippen LogP contribution in [0.4, 0.5) is 0 Å². The molecule has 0 bridgehead atoms. The van der Waals surface area contributed by atoms with E-state index in [0.29, 0.717) is 23.3 Å². The molecule has 0 saturated heterocycles. The van der Waals surface area contributed by atoms with Gasteiger partial charge in [0, 0.05) is 18.0 Å². The van der Waals surface area contributed by atoms with E-state index >= 15 is 0 Å². The van der Waals surface area contributed by atoms with Crippen LogP contribution in [0.2, 0.25) is 0 Å². The van der Waals surface area contributed by atoms with E-state index in [0.717, 1.165) is 16.8 Å². The van der Waals surface area contributed by atoms with Crippen LogP contribution in [0.15, 0.2) is 87.5 Å². The Labute approximate surface area is 185 Å². The zero-order valence-electron chi connectivity index (χ0n) is 16.9. The van der Waals surface area contributed by atoms with Gasteiger partial charge in [-0.15, -0.1) is 10.2 Å². The average molecular weight is 455 g/mol. The van der Waals surface area contributed by atoms with Gasteiger partial charge in [-0.2, -0.15) is 0 Å². The number of aromatic nitrogens is 3. The SMILES string of the molecule is Cc1ccc(S(=O)(=O)N[C@H](CCSc2nnc(-c3ccc[nH]3)o2)c2ccccc2)cc1. The molecule has 0 aliphatic carbocycles. The van der Waals surface area contributed by atoms with E-state index in [9.17, 15) is 8.42 Å². The minimum Gasteiger partial charge on any atom is -0.410 e. The molecular weight excluding hydrogens is 432 g/mol. The highest BCUT2D eigenvalue weighted by Crippen LogP contribution is 2.27. The summed E-state index contributed by atoms with van der Waals surface area (Å²) < 4.78 is 34.4. The Kier molecular flexibility index (Phi) is 6.55. The summed E-state index contributed by atoms with van der Waals surface area (Å²) in [4.78, 5) is 3.27. The van der Waals surface area contributed by atoms with Gasteiger partial charge in [-0.1, -0.05) is 59.8 Å². The molecule has 9 heteroatoms. The number of aromatic amines is 1. The number of hydrogen-bond donors (Lipinski definition) is 2. The van der Waals surface area contributed by atoms with Gasteiger partial charge in [0.2, 0.25) is 10.0 Å². The Morgan fingerprint density at radius 2 is 1.81 bits per heavy atom. The lowest BCUT2D eigenvalue weighted by Gasteiger charge is -2.19. The van der Waals surface area contributed by atoms with Gasteiger partial charge in [0.1, 0.15) is 5.69 Å². The molecule has 7 nitrogen and oxygen atoms in total. The van der Waals surface area contributed by atoms with Gasteiger partial charge in [-0.3, -0.25) is 0 Å². The minimum atomic E-state index is -3.66. The van der Waals surface area contributed by atoms with E-state index in [2.05, 4.69) is 19.9 Å². The molecule has 31 heavy (non-hydrogen) atoms. The predicted octanol–water partition coefficient (Wildman–Crippen LogP) is 4.58. The summed E-state index contributed by atoms with van der Waals surface area (Å²) in [6.07, 6.45) is 2.34. The third-order valence-electron chi connectivity index (χ3n) is 4.70. The van der Waals surface area contributed by atoms with Crippen LogP contribution in [-0.2, 0) is 10.0 Å². The van der Waals surface area contributed by atoms with Crippen LogP contribution in [0.25, 0.3) is 11.6 Å². The molecule has 0 saturated carbocycles. The minimum absolute atomic E-state index is 0.249. The van der Waals surface area contributed by atoms with Crippen LogP contribution in [0.1, 0.15) is 23.6 Å². The second-order valence-corrected chi connectivity index (χ2v) is 9.75. The van der Waals surface area contributed by atoms with Gasteiger partial charge in [0.15, 0.2) is 0 Å². The van der Waals surface area contributed by atoms with Crippen LogP contribution in [0, 0.1) is 6.92 Å². The molecule has 1 atom stereocenters. The first-order valence-electron chi connectivity index (χ1n) is 9.75. The molecule has 0 amide bonds. The summed E-state index contributed by atoms with van der Waals surface area (Å²) in [5.41, 5.74) is 2.66. The number of H-pyrrole nitrogens is 1. The van der Waals surface area contributed by atoms with E-state index in [-0.39, 0.29) is 10.9 Å². The number of hydrogen-bond acceptors (Lipinski definition) is 6. The molecule has 2 N–H and O–H groups in total. The van der Waals surface area contributed by atoms with Gasteiger partial charge in [0.05, 0.1) is 4.90 Å². The van der Waals surface area contributed by atoms with Crippen molar-refractivity contribution in [3.8, 4) is 11.6 Å². The van der Waals surface area contributed by atoms with E-state index in [1.165, 1.54) is 11.8 Å². The maximum Gasteiger partial charge on any atom is 0.276 e. The fourth-order valence-corrected chi connectivity index (χ4v) is 5.08. The van der Waals surface area contributed by atoms with Crippen LogP contribution >= 0.6 is 11.8 Å². The van der Waals surface area contributed by atoms with Gasteiger partial charge in [0.25, 0.3) is 11.1 Å². The summed E-state index contributed by atoms with van der Waals surface area (Å²) in [5.74, 6) is 1.02. The zero-order chi connectivity index (χ0) is 21.7. The third kappa shape index (κ3) is 5.43. The fraction of sp³-hybridized carbons (Fsp3) is 0.182. The first-order valence-corrected chi connectivity index (χ1v) is 12.2. The van der Waals surface area contributed by atoms with Crippen molar-refractivity contribution in [3.63, 3.8) is 0 Å². The van der Waals surface area contributed by atoms with Crippen LogP contribution in [-0.4, -0.2) is 29.4 Å². The molecule has 0 unspecified atom stereocenters. The Morgan fingerprint density at radius 1 is 1.03 bits per heavy atom. The predicted molar refractivity (Wildman–Crippen MR) is 120 cm³/mol. The van der Waals surface area contributed by atoms with Crippen molar-refractivity contribution in [2.45, 2.75) is 29.5 Å². The summed E-state index contributed by atoms with van der Waals surface area (Å²) >= 11 is 1.40. The molecule has 4 aromatic rings. The lowest BCUT2D eigenvalue weighted by atomic mass is 10.1. The molecule has 0 fully saturated rings. The molecule has 0 aliphatic heterocycles. The lowest BCUT2D eigenvalue weighted by molar-refractivity contribution is 0.464. The van der Waals surface area contributed by atoms with Gasteiger partial charge >= 0.3 is 0 Å². The Hall–Kier alpha value is -2.88. The maximum atomic E-state index is 12.9. The lowest BCUT2D eigenvalue weighted by Crippen LogP contribution is -2.29.